The molecule has 0 aliphatic carbocycles. The van der Waals surface area contributed by atoms with Crippen LogP contribution in [-0.2, 0) is 13.2 Å². The van der Waals surface area contributed by atoms with Gasteiger partial charge in [0.05, 0.1) is 18.1 Å². The Balaban J connectivity index is 1.81. The molecule has 0 saturated carbocycles. The van der Waals surface area contributed by atoms with E-state index in [4.69, 9.17) is 14.5 Å². The number of methoxy groups -OCH3 is 1. The first-order chi connectivity index (χ1) is 10.8. The summed E-state index contributed by atoms with van der Waals surface area (Å²) in [4.78, 5) is 4.69. The average Bonchev–Trinajstić information content (AvgIpc) is 2.92. The second kappa shape index (κ2) is 6.52. The van der Waals surface area contributed by atoms with E-state index >= 15 is 0 Å². The maximum atomic E-state index is 5.87. The van der Waals surface area contributed by atoms with Crippen molar-refractivity contribution in [3.05, 3.63) is 54.4 Å². The number of hydrogen-bond acceptors (Lipinski definition) is 3. The van der Waals surface area contributed by atoms with E-state index < -0.39 is 0 Å². The van der Waals surface area contributed by atoms with E-state index in [9.17, 15) is 0 Å². The van der Waals surface area contributed by atoms with Crippen LogP contribution >= 0.6 is 0 Å². The summed E-state index contributed by atoms with van der Waals surface area (Å²) < 4.78 is 13.3. The van der Waals surface area contributed by atoms with E-state index in [0.717, 1.165) is 41.3 Å². The van der Waals surface area contributed by atoms with Crippen LogP contribution in [0.5, 0.6) is 11.5 Å². The maximum absolute atomic E-state index is 5.87. The minimum absolute atomic E-state index is 0.459. The van der Waals surface area contributed by atoms with Crippen molar-refractivity contribution in [1.82, 2.24) is 9.55 Å². The van der Waals surface area contributed by atoms with Crippen LogP contribution in [0.2, 0.25) is 0 Å². The molecule has 3 rings (SSSR count). The van der Waals surface area contributed by atoms with Crippen LogP contribution in [0.25, 0.3) is 11.0 Å². The van der Waals surface area contributed by atoms with Gasteiger partial charge >= 0.3 is 0 Å². The Hall–Kier alpha value is -2.49. The predicted octanol–water partition coefficient (Wildman–Crippen LogP) is 4.03. The van der Waals surface area contributed by atoms with E-state index in [1.807, 2.05) is 42.5 Å². The molecule has 0 aliphatic rings. The van der Waals surface area contributed by atoms with Crippen LogP contribution in [0.3, 0.4) is 0 Å². The molecular formula is C18H20N2O2. The molecule has 0 saturated heterocycles. The van der Waals surface area contributed by atoms with Crippen molar-refractivity contribution in [1.29, 1.82) is 0 Å². The molecule has 0 aliphatic heterocycles. The van der Waals surface area contributed by atoms with E-state index in [2.05, 4.69) is 17.6 Å². The molecule has 2 aromatic carbocycles. The quantitative estimate of drug-likeness (QED) is 0.689. The van der Waals surface area contributed by atoms with Crippen LogP contribution in [-0.4, -0.2) is 16.7 Å². The average molecular weight is 296 g/mol. The van der Waals surface area contributed by atoms with Crippen LogP contribution in [0.1, 0.15) is 19.2 Å². The molecule has 114 valence electrons. The highest BCUT2D eigenvalue weighted by Crippen LogP contribution is 2.20. The Morgan fingerprint density at radius 1 is 1.00 bits per heavy atom. The summed E-state index contributed by atoms with van der Waals surface area (Å²) in [5, 5.41) is 0. The Morgan fingerprint density at radius 3 is 2.45 bits per heavy atom. The lowest BCUT2D eigenvalue weighted by atomic mass is 10.3. The molecule has 0 N–H and O–H groups in total. The molecular weight excluding hydrogens is 276 g/mol. The standard InChI is InChI=1S/C18H20N2O2/c1-3-12-20-17-7-5-4-6-16(17)19-18(20)13-22-15-10-8-14(21-2)9-11-15/h4-11H,3,12-13H2,1-2H3. The molecule has 0 atom stereocenters. The first-order valence-electron chi connectivity index (χ1n) is 7.53. The lowest BCUT2D eigenvalue weighted by Gasteiger charge is -2.09. The number of para-hydroxylation sites is 2. The maximum Gasteiger partial charge on any atom is 0.147 e. The van der Waals surface area contributed by atoms with Gasteiger partial charge in [-0.25, -0.2) is 4.98 Å². The molecule has 4 nitrogen and oxygen atoms in total. The van der Waals surface area contributed by atoms with Gasteiger partial charge < -0.3 is 14.0 Å². The fourth-order valence-corrected chi connectivity index (χ4v) is 2.53. The molecule has 0 amide bonds. The molecule has 1 heterocycles. The first kappa shape index (κ1) is 14.4. The van der Waals surface area contributed by atoms with E-state index in [0.29, 0.717) is 6.61 Å². The number of nitrogens with zero attached hydrogens (tertiary/aromatic N) is 2. The van der Waals surface area contributed by atoms with Gasteiger partial charge in [-0.15, -0.1) is 0 Å². The number of benzene rings is 2. The Bertz CT molecular complexity index is 747. The van der Waals surface area contributed by atoms with Gasteiger partial charge in [0.1, 0.15) is 23.9 Å². The minimum atomic E-state index is 0.459. The third-order valence-corrected chi connectivity index (χ3v) is 3.61. The largest absolute Gasteiger partial charge is 0.497 e. The fourth-order valence-electron chi connectivity index (χ4n) is 2.53. The third-order valence-electron chi connectivity index (χ3n) is 3.61. The minimum Gasteiger partial charge on any atom is -0.497 e. The van der Waals surface area contributed by atoms with Gasteiger partial charge in [-0.05, 0) is 42.8 Å². The molecule has 0 spiro atoms. The van der Waals surface area contributed by atoms with Crippen LogP contribution in [0.15, 0.2) is 48.5 Å². The Labute approximate surface area is 130 Å². The van der Waals surface area contributed by atoms with E-state index in [1.165, 1.54) is 0 Å². The van der Waals surface area contributed by atoms with Gasteiger partial charge in [-0.2, -0.15) is 0 Å². The fraction of sp³-hybridized carbons (Fsp3) is 0.278. The van der Waals surface area contributed by atoms with Gasteiger partial charge in [0.25, 0.3) is 0 Å². The van der Waals surface area contributed by atoms with Gasteiger partial charge in [-0.3, -0.25) is 0 Å². The number of hydrogen-bond donors (Lipinski definition) is 0. The highest BCUT2D eigenvalue weighted by molar-refractivity contribution is 5.75. The highest BCUT2D eigenvalue weighted by atomic mass is 16.5. The summed E-state index contributed by atoms with van der Waals surface area (Å²) >= 11 is 0. The van der Waals surface area contributed by atoms with Crippen molar-refractivity contribution in [2.24, 2.45) is 0 Å². The summed E-state index contributed by atoms with van der Waals surface area (Å²) in [6, 6.07) is 15.8. The van der Waals surface area contributed by atoms with Gasteiger partial charge in [-0.1, -0.05) is 19.1 Å². The zero-order valence-corrected chi connectivity index (χ0v) is 13.0. The van der Waals surface area contributed by atoms with Crippen LogP contribution in [0.4, 0.5) is 0 Å². The molecule has 0 radical (unpaired) electrons. The number of ether oxygens (including phenoxy) is 2. The third kappa shape index (κ3) is 2.91. The number of imidazole rings is 1. The van der Waals surface area contributed by atoms with E-state index in [1.54, 1.807) is 7.11 Å². The molecule has 22 heavy (non-hydrogen) atoms. The smallest absolute Gasteiger partial charge is 0.147 e. The van der Waals surface area contributed by atoms with Crippen LogP contribution in [0, 0.1) is 0 Å². The van der Waals surface area contributed by atoms with Crippen molar-refractivity contribution >= 4 is 11.0 Å². The zero-order valence-electron chi connectivity index (χ0n) is 13.0. The highest BCUT2D eigenvalue weighted by Gasteiger charge is 2.10. The SMILES string of the molecule is CCCn1c(COc2ccc(OC)cc2)nc2ccccc21. The number of rotatable bonds is 6. The predicted molar refractivity (Wildman–Crippen MR) is 87.4 cm³/mol. The van der Waals surface area contributed by atoms with Crippen molar-refractivity contribution < 1.29 is 9.47 Å². The van der Waals surface area contributed by atoms with Crippen LogP contribution < -0.4 is 9.47 Å². The lowest BCUT2D eigenvalue weighted by molar-refractivity contribution is 0.289. The lowest BCUT2D eigenvalue weighted by Crippen LogP contribution is -2.07. The summed E-state index contributed by atoms with van der Waals surface area (Å²) in [6.07, 6.45) is 1.07. The van der Waals surface area contributed by atoms with Gasteiger partial charge in [0, 0.05) is 6.54 Å². The summed E-state index contributed by atoms with van der Waals surface area (Å²) in [7, 11) is 1.66. The normalized spacial score (nSPS) is 10.8. The van der Waals surface area contributed by atoms with Gasteiger partial charge in [0.15, 0.2) is 0 Å². The number of fused-ring (bicyclic) bond motifs is 1. The molecule has 1 aromatic heterocycles. The van der Waals surface area contributed by atoms with Crippen molar-refractivity contribution in [2.75, 3.05) is 7.11 Å². The van der Waals surface area contributed by atoms with Crippen molar-refractivity contribution in [3.8, 4) is 11.5 Å². The molecule has 3 aromatic rings. The molecule has 0 bridgehead atoms. The topological polar surface area (TPSA) is 36.3 Å². The summed E-state index contributed by atoms with van der Waals surface area (Å²) in [5.74, 6) is 2.60. The molecule has 4 heteroatoms. The number of aryl methyl sites for hydroxylation is 1. The Kier molecular flexibility index (Phi) is 4.28. The van der Waals surface area contributed by atoms with E-state index in [-0.39, 0.29) is 0 Å². The second-order valence-electron chi connectivity index (χ2n) is 5.13. The summed E-state index contributed by atoms with van der Waals surface area (Å²) in [6.45, 7) is 3.58. The number of aromatic nitrogens is 2. The Morgan fingerprint density at radius 2 is 1.73 bits per heavy atom. The zero-order chi connectivity index (χ0) is 15.4. The van der Waals surface area contributed by atoms with Gasteiger partial charge in [0.2, 0.25) is 0 Å². The monoisotopic (exact) mass is 296 g/mol. The second-order valence-corrected chi connectivity index (χ2v) is 5.13. The molecule has 0 fully saturated rings. The van der Waals surface area contributed by atoms with Crippen molar-refractivity contribution in [2.45, 2.75) is 26.5 Å². The molecule has 0 unspecified atom stereocenters. The van der Waals surface area contributed by atoms with Crippen molar-refractivity contribution in [3.63, 3.8) is 0 Å². The first-order valence-corrected chi connectivity index (χ1v) is 7.53. The summed E-state index contributed by atoms with van der Waals surface area (Å²) in [5.41, 5.74) is 2.18.